The van der Waals surface area contributed by atoms with Gasteiger partial charge in [-0.25, -0.2) is 4.57 Å². The van der Waals surface area contributed by atoms with E-state index in [4.69, 9.17) is 9.05 Å². The summed E-state index contributed by atoms with van der Waals surface area (Å²) in [6.07, 6.45) is 30.3. The zero-order chi connectivity index (χ0) is 31.4. The standard InChI is InChI=1S/C35H65N2O5P/c1-4-5-6-7-8-9-10-11-12-13-14-15-16-17-18-19-20-21-22-23-24-25-28-37-33-26-27-35(34(31-33)32(2)38)42-43(39,40)41-30-29-36-3/h26-27,31,36-37H,4-25,28-30H2,1-3H3,(H,39,40). The van der Waals surface area contributed by atoms with Gasteiger partial charge in [0.15, 0.2) is 5.78 Å². The Morgan fingerprint density at radius 3 is 1.58 bits per heavy atom. The lowest BCUT2D eigenvalue weighted by molar-refractivity contribution is 0.101. The summed E-state index contributed by atoms with van der Waals surface area (Å²) >= 11 is 0. The second-order valence-electron chi connectivity index (χ2n) is 12.1. The average molecular weight is 625 g/mol. The van der Waals surface area contributed by atoms with Crippen molar-refractivity contribution in [3.8, 4) is 5.75 Å². The summed E-state index contributed by atoms with van der Waals surface area (Å²) in [5.74, 6) is -0.184. The van der Waals surface area contributed by atoms with E-state index >= 15 is 0 Å². The number of Topliss-reactive ketones (excluding diaryl/α,β-unsaturated/α-hetero) is 1. The number of phosphoric ester groups is 1. The third kappa shape index (κ3) is 22.7. The van der Waals surface area contributed by atoms with Gasteiger partial charge in [0, 0.05) is 18.8 Å². The fourth-order valence-electron chi connectivity index (χ4n) is 5.37. The molecule has 0 amide bonds. The number of anilines is 1. The molecule has 1 atom stereocenters. The minimum absolute atomic E-state index is 0.0266. The van der Waals surface area contributed by atoms with E-state index in [9.17, 15) is 14.3 Å². The minimum Gasteiger partial charge on any atom is -0.403 e. The maximum atomic E-state index is 12.2. The molecule has 0 radical (unpaired) electrons. The van der Waals surface area contributed by atoms with Gasteiger partial charge >= 0.3 is 7.82 Å². The zero-order valence-electron chi connectivity index (χ0n) is 27.9. The number of benzene rings is 1. The van der Waals surface area contributed by atoms with Crippen LogP contribution in [-0.4, -0.2) is 37.4 Å². The molecule has 0 fully saturated rings. The first kappa shape index (κ1) is 39.6. The van der Waals surface area contributed by atoms with Crippen molar-refractivity contribution in [3.63, 3.8) is 0 Å². The molecule has 43 heavy (non-hydrogen) atoms. The number of hydrogen-bond donors (Lipinski definition) is 3. The van der Waals surface area contributed by atoms with Gasteiger partial charge in [0.1, 0.15) is 5.75 Å². The van der Waals surface area contributed by atoms with Gasteiger partial charge in [-0.3, -0.25) is 14.2 Å². The van der Waals surface area contributed by atoms with Gasteiger partial charge < -0.3 is 15.2 Å². The van der Waals surface area contributed by atoms with Crippen LogP contribution in [0.5, 0.6) is 5.75 Å². The molecule has 0 saturated heterocycles. The van der Waals surface area contributed by atoms with Crippen LogP contribution in [0.25, 0.3) is 0 Å². The number of carbonyl (C=O) groups is 1. The number of carbonyl (C=O) groups excluding carboxylic acids is 1. The van der Waals surface area contributed by atoms with Crippen LogP contribution in [0.2, 0.25) is 0 Å². The highest BCUT2D eigenvalue weighted by atomic mass is 31.2. The largest absolute Gasteiger partial charge is 0.527 e. The molecular weight excluding hydrogens is 559 g/mol. The molecule has 1 unspecified atom stereocenters. The lowest BCUT2D eigenvalue weighted by Crippen LogP contribution is -2.14. The highest BCUT2D eigenvalue weighted by Crippen LogP contribution is 2.45. The van der Waals surface area contributed by atoms with E-state index in [2.05, 4.69) is 17.6 Å². The van der Waals surface area contributed by atoms with Crippen LogP contribution >= 0.6 is 7.82 Å². The van der Waals surface area contributed by atoms with Crippen molar-refractivity contribution in [1.29, 1.82) is 0 Å². The Labute approximate surface area is 264 Å². The SMILES string of the molecule is CCCCCCCCCCCCCCCCCCCCCCCCNc1ccc(OP(=O)(O)OCCNC)c(C(C)=O)c1. The maximum Gasteiger partial charge on any atom is 0.527 e. The number of nitrogens with one attached hydrogen (secondary N) is 2. The molecule has 250 valence electrons. The molecule has 0 aliphatic rings. The van der Waals surface area contributed by atoms with Gasteiger partial charge in [-0.15, -0.1) is 0 Å². The summed E-state index contributed by atoms with van der Waals surface area (Å²) in [6.45, 7) is 4.96. The van der Waals surface area contributed by atoms with E-state index in [0.717, 1.165) is 18.7 Å². The van der Waals surface area contributed by atoms with Crippen LogP contribution in [0, 0.1) is 0 Å². The molecule has 0 bridgehead atoms. The molecule has 3 N–H and O–H groups in total. The van der Waals surface area contributed by atoms with E-state index in [0.29, 0.717) is 6.54 Å². The Balaban J connectivity index is 1.98. The molecule has 0 aliphatic heterocycles. The van der Waals surface area contributed by atoms with Crippen LogP contribution in [0.15, 0.2) is 18.2 Å². The molecule has 0 spiro atoms. The molecule has 1 aromatic carbocycles. The van der Waals surface area contributed by atoms with Crippen molar-refractivity contribution < 1.29 is 23.3 Å². The third-order valence-corrected chi connectivity index (χ3v) is 8.97. The number of likely N-dealkylation sites (N-methyl/N-ethyl adjacent to an activating group) is 1. The summed E-state index contributed by atoms with van der Waals surface area (Å²) in [5.41, 5.74) is 1.05. The fraction of sp³-hybridized carbons (Fsp3) is 0.800. The van der Waals surface area contributed by atoms with E-state index in [1.165, 1.54) is 142 Å². The molecule has 0 saturated carbocycles. The van der Waals surface area contributed by atoms with Crippen LogP contribution in [0.1, 0.15) is 165 Å². The van der Waals surface area contributed by atoms with E-state index in [-0.39, 0.29) is 23.7 Å². The monoisotopic (exact) mass is 624 g/mol. The van der Waals surface area contributed by atoms with Gasteiger partial charge in [0.25, 0.3) is 0 Å². The van der Waals surface area contributed by atoms with Crippen LogP contribution in [-0.2, 0) is 9.09 Å². The molecule has 1 rings (SSSR count). The molecule has 8 heteroatoms. The van der Waals surface area contributed by atoms with Crippen LogP contribution in [0.3, 0.4) is 0 Å². The van der Waals surface area contributed by atoms with Crippen molar-refractivity contribution in [2.45, 2.75) is 155 Å². The highest BCUT2D eigenvalue weighted by molar-refractivity contribution is 7.47. The third-order valence-electron chi connectivity index (χ3n) is 8.04. The number of ketones is 1. The van der Waals surface area contributed by atoms with Gasteiger partial charge in [-0.1, -0.05) is 142 Å². The molecule has 0 heterocycles. The minimum atomic E-state index is -4.30. The first-order chi connectivity index (χ1) is 20.9. The smallest absolute Gasteiger partial charge is 0.403 e. The summed E-state index contributed by atoms with van der Waals surface area (Å²) in [5, 5.41) is 6.18. The van der Waals surface area contributed by atoms with Crippen LogP contribution in [0.4, 0.5) is 5.69 Å². The first-order valence-corrected chi connectivity index (χ1v) is 19.1. The van der Waals surface area contributed by atoms with Crippen molar-refractivity contribution in [2.75, 3.05) is 32.1 Å². The summed E-state index contributed by atoms with van der Waals surface area (Å²) < 4.78 is 22.2. The summed E-state index contributed by atoms with van der Waals surface area (Å²) in [6, 6.07) is 4.97. The lowest BCUT2D eigenvalue weighted by Gasteiger charge is -2.16. The quantitative estimate of drug-likeness (QED) is 0.0429. The predicted octanol–water partition coefficient (Wildman–Crippen LogP) is 10.6. The summed E-state index contributed by atoms with van der Waals surface area (Å²) in [4.78, 5) is 22.0. The van der Waals surface area contributed by atoms with E-state index in [1.807, 2.05) is 0 Å². The van der Waals surface area contributed by atoms with Crippen LogP contribution < -0.4 is 15.2 Å². The predicted molar refractivity (Wildman–Crippen MR) is 183 cm³/mol. The van der Waals surface area contributed by atoms with Gasteiger partial charge in [0.05, 0.1) is 12.2 Å². The first-order valence-electron chi connectivity index (χ1n) is 17.6. The van der Waals surface area contributed by atoms with Gasteiger partial charge in [-0.05, 0) is 38.6 Å². The second-order valence-corrected chi connectivity index (χ2v) is 13.5. The Bertz CT molecular complexity index is 867. The Morgan fingerprint density at radius 2 is 1.16 bits per heavy atom. The lowest BCUT2D eigenvalue weighted by atomic mass is 10.0. The Morgan fingerprint density at radius 1 is 0.721 bits per heavy atom. The van der Waals surface area contributed by atoms with Crippen molar-refractivity contribution >= 4 is 19.3 Å². The number of hydrogen-bond acceptors (Lipinski definition) is 6. The molecule has 0 aliphatic carbocycles. The average Bonchev–Trinajstić information content (AvgIpc) is 2.98. The maximum absolute atomic E-state index is 12.2. The topological polar surface area (TPSA) is 96.9 Å². The van der Waals surface area contributed by atoms with Crippen molar-refractivity contribution in [3.05, 3.63) is 23.8 Å². The van der Waals surface area contributed by atoms with Gasteiger partial charge in [0.2, 0.25) is 0 Å². The fourth-order valence-corrected chi connectivity index (χ4v) is 6.16. The number of unbranched alkanes of at least 4 members (excludes halogenated alkanes) is 21. The number of phosphoric acid groups is 1. The normalized spacial score (nSPS) is 12.7. The van der Waals surface area contributed by atoms with Crippen molar-refractivity contribution in [1.82, 2.24) is 5.32 Å². The Hall–Kier alpha value is -1.40. The number of rotatable bonds is 31. The second kappa shape index (κ2) is 27.0. The summed E-state index contributed by atoms with van der Waals surface area (Å²) in [7, 11) is -2.58. The van der Waals surface area contributed by atoms with Gasteiger partial charge in [-0.2, -0.15) is 0 Å². The zero-order valence-corrected chi connectivity index (χ0v) is 28.8. The molecule has 1 aromatic rings. The molecular formula is C35H65N2O5P. The molecule has 0 aromatic heterocycles. The highest BCUT2D eigenvalue weighted by Gasteiger charge is 2.25. The Kier molecular flexibility index (Phi) is 24.8. The van der Waals surface area contributed by atoms with E-state index < -0.39 is 7.82 Å². The van der Waals surface area contributed by atoms with E-state index in [1.54, 1.807) is 25.2 Å². The molecule has 7 nitrogen and oxygen atoms in total. The van der Waals surface area contributed by atoms with Crippen molar-refractivity contribution in [2.24, 2.45) is 0 Å².